The van der Waals surface area contributed by atoms with Gasteiger partial charge in [0.25, 0.3) is 11.1 Å². The van der Waals surface area contributed by atoms with Crippen LogP contribution in [0.1, 0.15) is 5.69 Å². The molecule has 0 unspecified atom stereocenters. The van der Waals surface area contributed by atoms with Crippen molar-refractivity contribution in [2.45, 2.75) is 11.0 Å². The summed E-state index contributed by atoms with van der Waals surface area (Å²) in [6.07, 6.45) is 0. The summed E-state index contributed by atoms with van der Waals surface area (Å²) in [5, 5.41) is 15.4. The molecule has 24 heavy (non-hydrogen) atoms. The lowest BCUT2D eigenvalue weighted by Crippen LogP contribution is -1.82. The summed E-state index contributed by atoms with van der Waals surface area (Å²) in [7, 11) is 0. The second-order valence-electron chi connectivity index (χ2n) is 4.80. The lowest BCUT2D eigenvalue weighted by molar-refractivity contribution is 0.462. The van der Waals surface area contributed by atoms with Crippen molar-refractivity contribution in [3.05, 3.63) is 58.0 Å². The highest BCUT2D eigenvalue weighted by molar-refractivity contribution is 7.98. The Balaban J connectivity index is 1.45. The maximum Gasteiger partial charge on any atom is 0.277 e. The number of thiazole rings is 1. The number of aromatic nitrogens is 3. The smallest absolute Gasteiger partial charge is 0.277 e. The van der Waals surface area contributed by atoms with Crippen molar-refractivity contribution in [1.29, 1.82) is 0 Å². The summed E-state index contributed by atoms with van der Waals surface area (Å²) >= 11 is 4.66. The number of rotatable bonds is 5. The van der Waals surface area contributed by atoms with Crippen LogP contribution >= 0.6 is 34.4 Å². The first-order chi connectivity index (χ1) is 11.8. The number of thiophene rings is 1. The number of nitrogens with zero attached hydrogens (tertiary/aromatic N) is 3. The summed E-state index contributed by atoms with van der Waals surface area (Å²) in [6.45, 7) is 0. The Morgan fingerprint density at radius 1 is 1.12 bits per heavy atom. The fourth-order valence-corrected chi connectivity index (χ4v) is 4.33. The Bertz CT molecular complexity index is 949. The van der Waals surface area contributed by atoms with E-state index in [0.29, 0.717) is 16.5 Å². The Kier molecular flexibility index (Phi) is 4.42. The molecule has 4 rings (SSSR count). The van der Waals surface area contributed by atoms with Crippen molar-refractivity contribution in [1.82, 2.24) is 15.2 Å². The van der Waals surface area contributed by atoms with Crippen molar-refractivity contribution in [3.8, 4) is 22.0 Å². The van der Waals surface area contributed by atoms with E-state index in [0.717, 1.165) is 16.3 Å². The van der Waals surface area contributed by atoms with E-state index in [4.69, 9.17) is 4.42 Å². The van der Waals surface area contributed by atoms with E-state index < -0.39 is 0 Å². The van der Waals surface area contributed by atoms with Crippen LogP contribution in [0.4, 0.5) is 4.39 Å². The van der Waals surface area contributed by atoms with Gasteiger partial charge in [-0.1, -0.05) is 23.9 Å². The zero-order valence-corrected chi connectivity index (χ0v) is 14.6. The van der Waals surface area contributed by atoms with Gasteiger partial charge in [0.1, 0.15) is 10.8 Å². The maximum absolute atomic E-state index is 13.7. The topological polar surface area (TPSA) is 51.8 Å². The third-order valence-electron chi connectivity index (χ3n) is 3.17. The summed E-state index contributed by atoms with van der Waals surface area (Å²) in [5.74, 6) is 0.435. The third kappa shape index (κ3) is 3.26. The molecule has 3 heterocycles. The molecule has 0 aliphatic heterocycles. The van der Waals surface area contributed by atoms with Crippen LogP contribution in [0, 0.1) is 5.82 Å². The average Bonchev–Trinajstić information content (AvgIpc) is 3.34. The second-order valence-corrected chi connectivity index (χ2v) is 7.36. The van der Waals surface area contributed by atoms with Crippen LogP contribution in [0.15, 0.2) is 56.1 Å². The molecule has 0 radical (unpaired) electrons. The van der Waals surface area contributed by atoms with Crippen LogP contribution in [0.3, 0.4) is 0 Å². The molecule has 0 spiro atoms. The molecule has 1 aromatic carbocycles. The molecule has 0 N–H and O–H groups in total. The van der Waals surface area contributed by atoms with Crippen LogP contribution in [-0.4, -0.2) is 15.2 Å². The molecule has 0 saturated carbocycles. The van der Waals surface area contributed by atoms with Gasteiger partial charge in [-0.2, -0.15) is 11.3 Å². The lowest BCUT2D eigenvalue weighted by atomic mass is 10.2. The highest BCUT2D eigenvalue weighted by Gasteiger charge is 2.13. The average molecular weight is 375 g/mol. The van der Waals surface area contributed by atoms with Crippen molar-refractivity contribution in [2.24, 2.45) is 0 Å². The predicted octanol–water partition coefficient (Wildman–Crippen LogP) is 5.35. The first-order valence-electron chi connectivity index (χ1n) is 6.98. The molecule has 0 atom stereocenters. The van der Waals surface area contributed by atoms with Crippen molar-refractivity contribution in [3.63, 3.8) is 0 Å². The van der Waals surface area contributed by atoms with Crippen LogP contribution in [0.5, 0.6) is 0 Å². The van der Waals surface area contributed by atoms with E-state index in [-0.39, 0.29) is 11.7 Å². The summed E-state index contributed by atoms with van der Waals surface area (Å²) in [5.41, 5.74) is 2.41. The molecule has 0 bridgehead atoms. The van der Waals surface area contributed by atoms with Gasteiger partial charge in [0.15, 0.2) is 0 Å². The molecule has 8 heteroatoms. The van der Waals surface area contributed by atoms with Gasteiger partial charge < -0.3 is 4.42 Å². The Hall–Kier alpha value is -2.03. The molecule has 3 aromatic heterocycles. The first kappa shape index (κ1) is 15.5. The second kappa shape index (κ2) is 6.84. The minimum atomic E-state index is -0.377. The SMILES string of the molecule is Fc1ccccc1-c1nnc(SCc2csc(-c3ccsc3)n2)o1. The normalized spacial score (nSPS) is 11.0. The molecule has 4 nitrogen and oxygen atoms in total. The highest BCUT2D eigenvalue weighted by Crippen LogP contribution is 2.30. The van der Waals surface area contributed by atoms with Crippen LogP contribution in [-0.2, 0) is 5.75 Å². The highest BCUT2D eigenvalue weighted by atomic mass is 32.2. The van der Waals surface area contributed by atoms with Gasteiger partial charge in [0.2, 0.25) is 0 Å². The van der Waals surface area contributed by atoms with Gasteiger partial charge in [-0.3, -0.25) is 0 Å². The van der Waals surface area contributed by atoms with Gasteiger partial charge in [-0.25, -0.2) is 9.37 Å². The van der Waals surface area contributed by atoms with Gasteiger partial charge >= 0.3 is 0 Å². The van der Waals surface area contributed by atoms with Crippen LogP contribution < -0.4 is 0 Å². The summed E-state index contributed by atoms with van der Waals surface area (Å²) < 4.78 is 19.3. The molecule has 4 aromatic rings. The van der Waals surface area contributed by atoms with Crippen LogP contribution in [0.2, 0.25) is 0 Å². The first-order valence-corrected chi connectivity index (χ1v) is 9.78. The largest absolute Gasteiger partial charge is 0.411 e. The van der Waals surface area contributed by atoms with Crippen molar-refractivity contribution in [2.75, 3.05) is 0 Å². The molecule has 120 valence electrons. The van der Waals surface area contributed by atoms with Gasteiger partial charge in [-0.15, -0.1) is 21.5 Å². The van der Waals surface area contributed by atoms with Gasteiger partial charge in [-0.05, 0) is 23.6 Å². The van der Waals surface area contributed by atoms with E-state index in [2.05, 4.69) is 26.6 Å². The van der Waals surface area contributed by atoms with Crippen LogP contribution in [0.25, 0.3) is 22.0 Å². The molecular weight excluding hydrogens is 365 g/mol. The number of benzene rings is 1. The number of thioether (sulfide) groups is 1. The molecule has 0 aliphatic carbocycles. The van der Waals surface area contributed by atoms with E-state index in [9.17, 15) is 4.39 Å². The monoisotopic (exact) mass is 375 g/mol. The van der Waals surface area contributed by atoms with E-state index in [1.54, 1.807) is 40.9 Å². The fourth-order valence-electron chi connectivity index (χ4n) is 2.04. The number of hydrogen-bond donors (Lipinski definition) is 0. The summed E-state index contributed by atoms with van der Waals surface area (Å²) in [4.78, 5) is 4.60. The molecule has 0 amide bonds. The summed E-state index contributed by atoms with van der Waals surface area (Å²) in [6, 6.07) is 8.40. The molecule has 0 aliphatic rings. The Labute approximate surface area is 149 Å². The third-order valence-corrected chi connectivity index (χ3v) is 5.65. The zero-order valence-electron chi connectivity index (χ0n) is 12.2. The zero-order chi connectivity index (χ0) is 16.4. The van der Waals surface area contributed by atoms with Crippen molar-refractivity contribution >= 4 is 34.4 Å². The number of halogens is 1. The van der Waals surface area contributed by atoms with Gasteiger partial charge in [0, 0.05) is 22.1 Å². The Morgan fingerprint density at radius 3 is 2.88 bits per heavy atom. The lowest BCUT2D eigenvalue weighted by Gasteiger charge is -1.95. The molecule has 0 fully saturated rings. The standard InChI is InChI=1S/C16H10FN3OS3/c17-13-4-2-1-3-12(13)14-19-20-16(21-14)24-9-11-8-23-15(18-11)10-5-6-22-7-10/h1-8H,9H2. The Morgan fingerprint density at radius 2 is 2.04 bits per heavy atom. The van der Waals surface area contributed by atoms with Crippen molar-refractivity contribution < 1.29 is 8.81 Å². The minimum absolute atomic E-state index is 0.188. The quantitative estimate of drug-likeness (QED) is 0.440. The fraction of sp³-hybridized carbons (Fsp3) is 0.0625. The van der Waals surface area contributed by atoms with E-state index in [1.807, 2.05) is 10.8 Å². The predicted molar refractivity (Wildman–Crippen MR) is 94.7 cm³/mol. The van der Waals surface area contributed by atoms with E-state index in [1.165, 1.54) is 17.8 Å². The van der Waals surface area contributed by atoms with E-state index >= 15 is 0 Å². The maximum atomic E-state index is 13.7. The minimum Gasteiger partial charge on any atom is -0.411 e. The number of hydrogen-bond acceptors (Lipinski definition) is 7. The molecule has 0 saturated heterocycles. The molecular formula is C16H10FN3OS3. The van der Waals surface area contributed by atoms with Gasteiger partial charge in [0.05, 0.1) is 11.3 Å².